The third-order valence-corrected chi connectivity index (χ3v) is 3.18. The van der Waals surface area contributed by atoms with Crippen molar-refractivity contribution in [3.05, 3.63) is 22.6 Å². The summed E-state index contributed by atoms with van der Waals surface area (Å²) in [6.07, 6.45) is 1.76. The smallest absolute Gasteiger partial charge is 0.268 e. The molecule has 1 unspecified atom stereocenters. The van der Waals surface area contributed by atoms with E-state index in [-0.39, 0.29) is 11.6 Å². The highest BCUT2D eigenvalue weighted by atomic mass is 16.1. The van der Waals surface area contributed by atoms with Crippen molar-refractivity contribution in [1.29, 1.82) is 0 Å². The van der Waals surface area contributed by atoms with Gasteiger partial charge in [-0.1, -0.05) is 0 Å². The molecular formula is C12H21N5O. The van der Waals surface area contributed by atoms with Gasteiger partial charge < -0.3 is 15.5 Å². The van der Waals surface area contributed by atoms with Crippen LogP contribution in [0.25, 0.3) is 0 Å². The Morgan fingerprint density at radius 1 is 1.39 bits per heavy atom. The van der Waals surface area contributed by atoms with Gasteiger partial charge in [-0.05, 0) is 14.0 Å². The SMILES string of the molecule is CC(N)Cn1ncc(N2CCN(C)CC2)cc1=O. The Morgan fingerprint density at radius 3 is 2.61 bits per heavy atom. The molecular weight excluding hydrogens is 230 g/mol. The van der Waals surface area contributed by atoms with E-state index in [2.05, 4.69) is 21.9 Å². The second-order valence-corrected chi connectivity index (χ2v) is 5.00. The van der Waals surface area contributed by atoms with E-state index in [1.54, 1.807) is 12.3 Å². The molecule has 1 aliphatic rings. The third kappa shape index (κ3) is 3.08. The van der Waals surface area contributed by atoms with E-state index < -0.39 is 0 Å². The minimum atomic E-state index is -0.0799. The number of rotatable bonds is 3. The lowest BCUT2D eigenvalue weighted by molar-refractivity contribution is 0.312. The van der Waals surface area contributed by atoms with E-state index in [9.17, 15) is 4.79 Å². The summed E-state index contributed by atoms with van der Waals surface area (Å²) in [5, 5.41) is 4.18. The van der Waals surface area contributed by atoms with Gasteiger partial charge >= 0.3 is 0 Å². The Labute approximate surface area is 107 Å². The van der Waals surface area contributed by atoms with Gasteiger partial charge in [-0.3, -0.25) is 4.79 Å². The van der Waals surface area contributed by atoms with Crippen LogP contribution in [0.5, 0.6) is 0 Å². The normalized spacial score (nSPS) is 18.9. The summed E-state index contributed by atoms with van der Waals surface area (Å²) in [5.41, 5.74) is 6.51. The molecule has 0 aromatic carbocycles. The zero-order chi connectivity index (χ0) is 13.1. The summed E-state index contributed by atoms with van der Waals surface area (Å²) in [6, 6.07) is 1.59. The van der Waals surface area contributed by atoms with Crippen molar-refractivity contribution in [2.45, 2.75) is 19.5 Å². The van der Waals surface area contributed by atoms with Gasteiger partial charge in [0, 0.05) is 38.3 Å². The lowest BCUT2D eigenvalue weighted by Crippen LogP contribution is -2.45. The zero-order valence-electron chi connectivity index (χ0n) is 11.0. The maximum absolute atomic E-state index is 11.9. The highest BCUT2D eigenvalue weighted by molar-refractivity contribution is 5.43. The van der Waals surface area contributed by atoms with Crippen molar-refractivity contribution in [3.8, 4) is 0 Å². The second kappa shape index (κ2) is 5.49. The van der Waals surface area contributed by atoms with E-state index in [0.29, 0.717) is 6.54 Å². The number of aromatic nitrogens is 2. The monoisotopic (exact) mass is 251 g/mol. The molecule has 1 aliphatic heterocycles. The van der Waals surface area contributed by atoms with Gasteiger partial charge in [-0.15, -0.1) is 0 Å². The molecule has 0 amide bonds. The minimum Gasteiger partial charge on any atom is -0.368 e. The molecule has 1 saturated heterocycles. The molecule has 0 aliphatic carbocycles. The lowest BCUT2D eigenvalue weighted by Gasteiger charge is -2.33. The number of nitrogens with two attached hydrogens (primary N) is 1. The maximum Gasteiger partial charge on any atom is 0.268 e. The first-order chi connectivity index (χ1) is 8.56. The van der Waals surface area contributed by atoms with E-state index in [1.807, 2.05) is 6.92 Å². The molecule has 0 saturated carbocycles. The fourth-order valence-electron chi connectivity index (χ4n) is 2.07. The Bertz CT molecular complexity index is 448. The van der Waals surface area contributed by atoms with Gasteiger partial charge in [-0.2, -0.15) is 5.10 Å². The van der Waals surface area contributed by atoms with Crippen LogP contribution in [-0.4, -0.2) is 53.9 Å². The van der Waals surface area contributed by atoms with Crippen LogP contribution >= 0.6 is 0 Å². The molecule has 0 spiro atoms. The van der Waals surface area contributed by atoms with Gasteiger partial charge in [0.25, 0.3) is 5.56 Å². The molecule has 6 nitrogen and oxygen atoms in total. The first-order valence-corrected chi connectivity index (χ1v) is 6.32. The summed E-state index contributed by atoms with van der Waals surface area (Å²) in [5.74, 6) is 0. The van der Waals surface area contributed by atoms with Crippen LogP contribution < -0.4 is 16.2 Å². The van der Waals surface area contributed by atoms with Gasteiger partial charge in [0.05, 0.1) is 18.4 Å². The Balaban J connectivity index is 2.11. The van der Waals surface area contributed by atoms with E-state index >= 15 is 0 Å². The van der Waals surface area contributed by atoms with Crippen LogP contribution in [0, 0.1) is 0 Å². The molecule has 1 atom stereocenters. The first-order valence-electron chi connectivity index (χ1n) is 6.32. The molecule has 0 bridgehead atoms. The summed E-state index contributed by atoms with van der Waals surface area (Å²) < 4.78 is 1.42. The Morgan fingerprint density at radius 2 is 2.06 bits per heavy atom. The van der Waals surface area contributed by atoms with Crippen LogP contribution in [0.1, 0.15) is 6.92 Å². The van der Waals surface area contributed by atoms with Crippen molar-refractivity contribution in [1.82, 2.24) is 14.7 Å². The van der Waals surface area contributed by atoms with Crippen LogP contribution in [-0.2, 0) is 6.54 Å². The predicted octanol–water partition coefficient (Wildman–Crippen LogP) is -0.658. The standard InChI is InChI=1S/C12H21N5O/c1-10(13)9-17-12(18)7-11(8-14-17)16-5-3-15(2)4-6-16/h7-8,10H,3-6,9,13H2,1-2H3. The van der Waals surface area contributed by atoms with Crippen LogP contribution in [0.2, 0.25) is 0 Å². The van der Waals surface area contributed by atoms with Crippen molar-refractivity contribution < 1.29 is 0 Å². The molecule has 18 heavy (non-hydrogen) atoms. The minimum absolute atomic E-state index is 0.0651. The Hall–Kier alpha value is -1.40. The molecule has 0 radical (unpaired) electrons. The molecule has 2 heterocycles. The van der Waals surface area contributed by atoms with E-state index in [4.69, 9.17) is 5.73 Å². The van der Waals surface area contributed by atoms with Crippen molar-refractivity contribution in [2.75, 3.05) is 38.1 Å². The number of nitrogens with zero attached hydrogens (tertiary/aromatic N) is 4. The Kier molecular flexibility index (Phi) is 3.98. The van der Waals surface area contributed by atoms with Gasteiger partial charge in [-0.25, -0.2) is 4.68 Å². The van der Waals surface area contributed by atoms with E-state index in [1.165, 1.54) is 4.68 Å². The number of anilines is 1. The molecule has 6 heteroatoms. The third-order valence-electron chi connectivity index (χ3n) is 3.18. The van der Waals surface area contributed by atoms with Gasteiger partial charge in [0.2, 0.25) is 0 Å². The van der Waals surface area contributed by atoms with Gasteiger partial charge in [0.1, 0.15) is 0 Å². The predicted molar refractivity (Wildman–Crippen MR) is 71.9 cm³/mol. The maximum atomic E-state index is 11.9. The van der Waals surface area contributed by atoms with Crippen LogP contribution in [0.4, 0.5) is 5.69 Å². The summed E-state index contributed by atoms with van der Waals surface area (Å²) >= 11 is 0. The number of hydrogen-bond acceptors (Lipinski definition) is 5. The quantitative estimate of drug-likeness (QED) is 0.772. The first kappa shape index (κ1) is 13.0. The highest BCUT2D eigenvalue weighted by Gasteiger charge is 2.15. The number of likely N-dealkylation sites (N-methyl/N-ethyl adjacent to an activating group) is 1. The van der Waals surface area contributed by atoms with Gasteiger partial charge in [0.15, 0.2) is 0 Å². The average molecular weight is 251 g/mol. The highest BCUT2D eigenvalue weighted by Crippen LogP contribution is 2.11. The molecule has 1 aromatic heterocycles. The zero-order valence-corrected chi connectivity index (χ0v) is 11.0. The molecule has 2 N–H and O–H groups in total. The number of hydrogen-bond donors (Lipinski definition) is 1. The summed E-state index contributed by atoms with van der Waals surface area (Å²) in [4.78, 5) is 16.4. The van der Waals surface area contributed by atoms with Crippen molar-refractivity contribution in [2.24, 2.45) is 5.73 Å². The fourth-order valence-corrected chi connectivity index (χ4v) is 2.07. The van der Waals surface area contributed by atoms with Crippen LogP contribution in [0.15, 0.2) is 17.1 Å². The molecule has 2 rings (SSSR count). The van der Waals surface area contributed by atoms with Crippen molar-refractivity contribution >= 4 is 5.69 Å². The largest absolute Gasteiger partial charge is 0.368 e. The van der Waals surface area contributed by atoms with Crippen molar-refractivity contribution in [3.63, 3.8) is 0 Å². The molecule has 1 aromatic rings. The average Bonchev–Trinajstić information content (AvgIpc) is 2.32. The lowest BCUT2D eigenvalue weighted by atomic mass is 10.3. The molecule has 100 valence electrons. The van der Waals surface area contributed by atoms with E-state index in [0.717, 1.165) is 31.9 Å². The fraction of sp³-hybridized carbons (Fsp3) is 0.667. The second-order valence-electron chi connectivity index (χ2n) is 5.00. The van der Waals surface area contributed by atoms with Crippen LogP contribution in [0.3, 0.4) is 0 Å². The summed E-state index contributed by atoms with van der Waals surface area (Å²) in [7, 11) is 2.11. The molecule has 1 fully saturated rings. The topological polar surface area (TPSA) is 67.4 Å². The summed E-state index contributed by atoms with van der Waals surface area (Å²) in [6.45, 7) is 6.24. The number of piperazine rings is 1.